The minimum Gasteiger partial charge on any atom is -0.384 e. The van der Waals surface area contributed by atoms with Crippen molar-refractivity contribution >= 4 is 0 Å². The van der Waals surface area contributed by atoms with Crippen LogP contribution < -0.4 is 0 Å². The van der Waals surface area contributed by atoms with E-state index in [1.54, 1.807) is 7.11 Å². The van der Waals surface area contributed by atoms with Crippen molar-refractivity contribution in [2.24, 2.45) is 0 Å². The van der Waals surface area contributed by atoms with Gasteiger partial charge in [-0.3, -0.25) is 0 Å². The molecule has 0 unspecified atom stereocenters. The second-order valence-electron chi connectivity index (χ2n) is 3.83. The van der Waals surface area contributed by atoms with E-state index in [-0.39, 0.29) is 0 Å². The lowest BCUT2D eigenvalue weighted by atomic mass is 10.2. The molecule has 0 aliphatic heterocycles. The van der Waals surface area contributed by atoms with E-state index in [4.69, 9.17) is 14.7 Å². The predicted octanol–water partition coefficient (Wildman–Crippen LogP) is 0.960. The Hall–Kier alpha value is -1.45. The van der Waals surface area contributed by atoms with E-state index in [1.165, 1.54) is 0 Å². The van der Waals surface area contributed by atoms with Crippen LogP contribution in [0.25, 0.3) is 0 Å². The molecule has 0 atom stereocenters. The van der Waals surface area contributed by atoms with Crippen LogP contribution in [0.1, 0.15) is 24.7 Å². The summed E-state index contributed by atoms with van der Waals surface area (Å²) in [4.78, 5) is 0. The zero-order valence-electron chi connectivity index (χ0n) is 11.1. The van der Waals surface area contributed by atoms with Gasteiger partial charge in [0.25, 0.3) is 0 Å². The Balaban J connectivity index is 2.61. The van der Waals surface area contributed by atoms with Gasteiger partial charge < -0.3 is 9.47 Å². The quantitative estimate of drug-likeness (QED) is 0.612. The maximum absolute atomic E-state index is 8.75. The van der Waals surface area contributed by atoms with Crippen LogP contribution in [0, 0.1) is 11.3 Å². The van der Waals surface area contributed by atoms with E-state index in [1.807, 2.05) is 11.6 Å². The highest BCUT2D eigenvalue weighted by molar-refractivity contribution is 5.14. The average molecular weight is 252 g/mol. The Kier molecular flexibility index (Phi) is 6.99. The van der Waals surface area contributed by atoms with Gasteiger partial charge >= 0.3 is 0 Å². The van der Waals surface area contributed by atoms with Gasteiger partial charge in [-0.05, 0) is 13.3 Å². The lowest BCUT2D eigenvalue weighted by Crippen LogP contribution is -2.10. The summed E-state index contributed by atoms with van der Waals surface area (Å²) in [6.07, 6.45) is 1.92. The van der Waals surface area contributed by atoms with E-state index < -0.39 is 0 Å². The Labute approximate surface area is 107 Å². The monoisotopic (exact) mass is 252 g/mol. The largest absolute Gasteiger partial charge is 0.384 e. The number of methoxy groups -OCH3 is 1. The van der Waals surface area contributed by atoms with E-state index in [9.17, 15) is 0 Å². The third-order valence-corrected chi connectivity index (χ3v) is 2.57. The number of nitrogens with zero attached hydrogens (tertiary/aromatic N) is 4. The van der Waals surface area contributed by atoms with Crippen LogP contribution in [0.2, 0.25) is 0 Å². The van der Waals surface area contributed by atoms with Crippen LogP contribution in [-0.4, -0.2) is 41.9 Å². The van der Waals surface area contributed by atoms with Gasteiger partial charge in [0.15, 0.2) is 0 Å². The summed E-state index contributed by atoms with van der Waals surface area (Å²) in [5, 5.41) is 16.9. The standard InChI is InChI=1S/C12H20N4O2/c1-3-18-9-4-8-16-12(6-10-17-2)11(5-7-13)14-15-16/h3-6,8-10H2,1-2H3. The zero-order chi connectivity index (χ0) is 13.2. The van der Waals surface area contributed by atoms with Crippen molar-refractivity contribution in [3.05, 3.63) is 11.4 Å². The minimum atomic E-state index is 0.296. The van der Waals surface area contributed by atoms with Gasteiger partial charge in [0, 0.05) is 33.3 Å². The molecule has 0 saturated carbocycles. The minimum absolute atomic E-state index is 0.296. The second kappa shape index (κ2) is 8.61. The van der Waals surface area contributed by atoms with Crippen LogP contribution in [0.15, 0.2) is 0 Å². The third kappa shape index (κ3) is 4.43. The first-order chi connectivity index (χ1) is 8.83. The van der Waals surface area contributed by atoms with Gasteiger partial charge in [-0.1, -0.05) is 5.21 Å². The molecule has 0 aromatic carbocycles. The highest BCUT2D eigenvalue weighted by Gasteiger charge is 2.12. The molecule has 0 aliphatic rings. The summed E-state index contributed by atoms with van der Waals surface area (Å²) >= 11 is 0. The first-order valence-corrected chi connectivity index (χ1v) is 6.18. The summed E-state index contributed by atoms with van der Waals surface area (Å²) < 4.78 is 12.2. The van der Waals surface area contributed by atoms with Gasteiger partial charge in [0.2, 0.25) is 0 Å². The molecule has 18 heavy (non-hydrogen) atoms. The van der Waals surface area contributed by atoms with Crippen LogP contribution in [0.3, 0.4) is 0 Å². The van der Waals surface area contributed by atoms with Gasteiger partial charge in [0.05, 0.1) is 24.8 Å². The highest BCUT2D eigenvalue weighted by Crippen LogP contribution is 2.08. The van der Waals surface area contributed by atoms with Crippen LogP contribution in [0.4, 0.5) is 0 Å². The molecule has 100 valence electrons. The molecule has 1 heterocycles. The summed E-state index contributed by atoms with van der Waals surface area (Å²) in [5.41, 5.74) is 1.75. The van der Waals surface area contributed by atoms with Crippen molar-refractivity contribution < 1.29 is 9.47 Å². The number of hydrogen-bond acceptors (Lipinski definition) is 5. The molecule has 0 amide bonds. The summed E-state index contributed by atoms with van der Waals surface area (Å²) in [6.45, 7) is 4.79. The molecule has 0 saturated heterocycles. The highest BCUT2D eigenvalue weighted by atomic mass is 16.5. The lowest BCUT2D eigenvalue weighted by molar-refractivity contribution is 0.140. The molecule has 0 fully saturated rings. The Morgan fingerprint density at radius 1 is 1.39 bits per heavy atom. The maximum atomic E-state index is 8.75. The first-order valence-electron chi connectivity index (χ1n) is 6.18. The molecular weight excluding hydrogens is 232 g/mol. The maximum Gasteiger partial charge on any atom is 0.100 e. The molecule has 0 spiro atoms. The Morgan fingerprint density at radius 3 is 2.89 bits per heavy atom. The number of aromatic nitrogens is 3. The molecular formula is C12H20N4O2. The van der Waals surface area contributed by atoms with Crippen molar-refractivity contribution in [2.75, 3.05) is 26.9 Å². The van der Waals surface area contributed by atoms with Crippen molar-refractivity contribution in [3.8, 4) is 6.07 Å². The molecule has 0 N–H and O–H groups in total. The molecule has 0 radical (unpaired) electrons. The van der Waals surface area contributed by atoms with Crippen LogP contribution in [0.5, 0.6) is 0 Å². The molecule has 6 heteroatoms. The number of hydrogen-bond donors (Lipinski definition) is 0. The van der Waals surface area contributed by atoms with Gasteiger partial charge in [0.1, 0.15) is 5.69 Å². The number of nitriles is 1. The van der Waals surface area contributed by atoms with E-state index in [0.29, 0.717) is 19.6 Å². The number of ether oxygens (including phenoxy) is 2. The Bertz CT molecular complexity index is 384. The summed E-state index contributed by atoms with van der Waals surface area (Å²) in [7, 11) is 1.66. The molecule has 1 rings (SSSR count). The smallest absolute Gasteiger partial charge is 0.100 e. The predicted molar refractivity (Wildman–Crippen MR) is 66.0 cm³/mol. The molecule has 1 aromatic rings. The van der Waals surface area contributed by atoms with Gasteiger partial charge in [-0.2, -0.15) is 5.26 Å². The topological polar surface area (TPSA) is 73.0 Å². The lowest BCUT2D eigenvalue weighted by Gasteiger charge is -2.07. The van der Waals surface area contributed by atoms with E-state index >= 15 is 0 Å². The fourth-order valence-corrected chi connectivity index (χ4v) is 1.69. The zero-order valence-corrected chi connectivity index (χ0v) is 11.1. The van der Waals surface area contributed by atoms with Crippen molar-refractivity contribution in [1.29, 1.82) is 5.26 Å². The SMILES string of the molecule is CCOCCCn1nnc(CC#N)c1CCOC. The van der Waals surface area contributed by atoms with Gasteiger partial charge in [-0.15, -0.1) is 5.10 Å². The molecule has 6 nitrogen and oxygen atoms in total. The van der Waals surface area contributed by atoms with E-state index in [2.05, 4.69) is 16.4 Å². The fraction of sp³-hybridized carbons (Fsp3) is 0.750. The molecule has 0 aliphatic carbocycles. The van der Waals surface area contributed by atoms with Crippen molar-refractivity contribution in [2.45, 2.75) is 32.7 Å². The van der Waals surface area contributed by atoms with Crippen molar-refractivity contribution in [3.63, 3.8) is 0 Å². The van der Waals surface area contributed by atoms with Crippen molar-refractivity contribution in [1.82, 2.24) is 15.0 Å². The van der Waals surface area contributed by atoms with Gasteiger partial charge in [-0.25, -0.2) is 4.68 Å². The normalized spacial score (nSPS) is 10.5. The molecule has 0 bridgehead atoms. The Morgan fingerprint density at radius 2 is 2.22 bits per heavy atom. The van der Waals surface area contributed by atoms with E-state index in [0.717, 1.165) is 37.4 Å². The average Bonchev–Trinajstić information content (AvgIpc) is 2.75. The number of rotatable bonds is 9. The fourth-order valence-electron chi connectivity index (χ4n) is 1.69. The van der Waals surface area contributed by atoms with Crippen LogP contribution >= 0.6 is 0 Å². The summed E-state index contributed by atoms with van der Waals surface area (Å²) in [5.74, 6) is 0. The third-order valence-electron chi connectivity index (χ3n) is 2.57. The number of aryl methyl sites for hydroxylation is 1. The summed E-state index contributed by atoms with van der Waals surface area (Å²) in [6, 6.07) is 2.11. The molecule has 1 aromatic heterocycles. The first kappa shape index (κ1) is 14.6. The van der Waals surface area contributed by atoms with Crippen LogP contribution in [-0.2, 0) is 28.9 Å². The second-order valence-corrected chi connectivity index (χ2v) is 3.83.